The van der Waals surface area contributed by atoms with Gasteiger partial charge in [0.05, 0.1) is 5.56 Å². The number of hydrogen-bond donors (Lipinski definition) is 1. The molecule has 2 rings (SSSR count). The van der Waals surface area contributed by atoms with E-state index in [1.165, 1.54) is 6.07 Å². The molecule has 0 atom stereocenters. The number of ether oxygens (including phenoxy) is 1. The van der Waals surface area contributed by atoms with Crippen LogP contribution in [0.1, 0.15) is 15.9 Å². The molecule has 1 N–H and O–H groups in total. The van der Waals surface area contributed by atoms with E-state index >= 15 is 0 Å². The Morgan fingerprint density at radius 1 is 1.11 bits per heavy atom. The normalized spacial score (nSPS) is 10.2. The Kier molecular flexibility index (Phi) is 4.61. The first kappa shape index (κ1) is 14.1. The van der Waals surface area contributed by atoms with Crippen LogP contribution in [0.2, 0.25) is 0 Å². The van der Waals surface area contributed by atoms with Crippen LogP contribution in [-0.2, 0) is 6.61 Å². The Labute approximate surface area is 127 Å². The molecule has 0 spiro atoms. The van der Waals surface area contributed by atoms with Gasteiger partial charge in [-0.05, 0) is 40.2 Å². The molecule has 0 aromatic heterocycles. The van der Waals surface area contributed by atoms with Crippen LogP contribution in [0.5, 0.6) is 5.75 Å². The highest BCUT2D eigenvalue weighted by atomic mass is 79.9. The molecule has 0 aliphatic heterocycles. The standard InChI is InChI=1S/C14H10Br2O3/c15-12-4-2-1-3-9(12)8-19-10-5-6-13(16)11(7-10)14(17)18/h1-7H,8H2,(H,17,18). The Morgan fingerprint density at radius 3 is 2.53 bits per heavy atom. The zero-order valence-electron chi connectivity index (χ0n) is 9.77. The molecule has 0 aliphatic rings. The number of aromatic carboxylic acids is 1. The summed E-state index contributed by atoms with van der Waals surface area (Å²) in [5.41, 5.74) is 1.19. The van der Waals surface area contributed by atoms with E-state index in [9.17, 15) is 4.79 Å². The summed E-state index contributed by atoms with van der Waals surface area (Å²) in [5, 5.41) is 9.03. The second-order valence-electron chi connectivity index (χ2n) is 3.83. The average Bonchev–Trinajstić information content (AvgIpc) is 2.39. The lowest BCUT2D eigenvalue weighted by Gasteiger charge is -2.09. The van der Waals surface area contributed by atoms with Crippen LogP contribution in [-0.4, -0.2) is 11.1 Å². The van der Waals surface area contributed by atoms with Crippen LogP contribution >= 0.6 is 31.9 Å². The lowest BCUT2D eigenvalue weighted by atomic mass is 10.2. The molecule has 0 saturated heterocycles. The first-order valence-electron chi connectivity index (χ1n) is 5.47. The van der Waals surface area contributed by atoms with E-state index in [1.807, 2.05) is 24.3 Å². The largest absolute Gasteiger partial charge is 0.489 e. The quantitative estimate of drug-likeness (QED) is 0.843. The van der Waals surface area contributed by atoms with E-state index in [0.29, 0.717) is 16.8 Å². The van der Waals surface area contributed by atoms with Crippen molar-refractivity contribution in [3.05, 3.63) is 62.5 Å². The van der Waals surface area contributed by atoms with Crippen molar-refractivity contribution in [2.24, 2.45) is 0 Å². The number of carbonyl (C=O) groups is 1. The van der Waals surface area contributed by atoms with E-state index in [4.69, 9.17) is 9.84 Å². The van der Waals surface area contributed by atoms with E-state index in [0.717, 1.165) is 10.0 Å². The highest BCUT2D eigenvalue weighted by Gasteiger charge is 2.10. The van der Waals surface area contributed by atoms with Crippen LogP contribution < -0.4 is 4.74 Å². The average molecular weight is 386 g/mol. The summed E-state index contributed by atoms with van der Waals surface area (Å²) in [4.78, 5) is 11.0. The van der Waals surface area contributed by atoms with Crippen molar-refractivity contribution in [3.8, 4) is 5.75 Å². The highest BCUT2D eigenvalue weighted by molar-refractivity contribution is 9.10. The van der Waals surface area contributed by atoms with Crippen molar-refractivity contribution in [2.45, 2.75) is 6.61 Å². The molecule has 19 heavy (non-hydrogen) atoms. The molecule has 0 radical (unpaired) electrons. The van der Waals surface area contributed by atoms with E-state index in [-0.39, 0.29) is 5.56 Å². The minimum absolute atomic E-state index is 0.185. The van der Waals surface area contributed by atoms with Crippen molar-refractivity contribution in [1.82, 2.24) is 0 Å². The van der Waals surface area contributed by atoms with Gasteiger partial charge in [-0.25, -0.2) is 4.79 Å². The van der Waals surface area contributed by atoms with Gasteiger partial charge in [0.1, 0.15) is 12.4 Å². The fraction of sp³-hybridized carbons (Fsp3) is 0.0714. The van der Waals surface area contributed by atoms with Gasteiger partial charge in [0.2, 0.25) is 0 Å². The molecule has 0 bridgehead atoms. The molecule has 0 amide bonds. The SMILES string of the molecule is O=C(O)c1cc(OCc2ccccc2Br)ccc1Br. The smallest absolute Gasteiger partial charge is 0.336 e. The van der Waals surface area contributed by atoms with Crippen molar-refractivity contribution in [1.29, 1.82) is 0 Å². The van der Waals surface area contributed by atoms with Crippen molar-refractivity contribution in [2.75, 3.05) is 0 Å². The van der Waals surface area contributed by atoms with Crippen molar-refractivity contribution >= 4 is 37.8 Å². The van der Waals surface area contributed by atoms with Crippen molar-refractivity contribution in [3.63, 3.8) is 0 Å². The molecule has 0 heterocycles. The zero-order chi connectivity index (χ0) is 13.8. The van der Waals surface area contributed by atoms with Crippen LogP contribution in [0, 0.1) is 0 Å². The van der Waals surface area contributed by atoms with Gasteiger partial charge < -0.3 is 9.84 Å². The number of hydrogen-bond acceptors (Lipinski definition) is 2. The minimum Gasteiger partial charge on any atom is -0.489 e. The van der Waals surface area contributed by atoms with Crippen LogP contribution in [0.15, 0.2) is 51.4 Å². The van der Waals surface area contributed by atoms with Gasteiger partial charge in [-0.2, -0.15) is 0 Å². The summed E-state index contributed by atoms with van der Waals surface area (Å²) < 4.78 is 7.10. The molecule has 0 aliphatic carbocycles. The van der Waals surface area contributed by atoms with E-state index in [1.54, 1.807) is 12.1 Å². The van der Waals surface area contributed by atoms with Gasteiger partial charge in [-0.1, -0.05) is 34.1 Å². The number of carboxylic acid groups (broad SMARTS) is 1. The summed E-state index contributed by atoms with van der Waals surface area (Å²) >= 11 is 6.63. The fourth-order valence-corrected chi connectivity index (χ4v) is 2.35. The monoisotopic (exact) mass is 384 g/mol. The third kappa shape index (κ3) is 3.58. The summed E-state index contributed by atoms with van der Waals surface area (Å²) in [5.74, 6) is -0.463. The summed E-state index contributed by atoms with van der Waals surface area (Å²) in [6.45, 7) is 0.377. The van der Waals surface area contributed by atoms with E-state index in [2.05, 4.69) is 31.9 Å². The molecule has 98 valence electrons. The Bertz CT molecular complexity index is 611. The summed E-state index contributed by atoms with van der Waals surface area (Å²) in [7, 11) is 0. The predicted molar refractivity (Wildman–Crippen MR) is 79.6 cm³/mol. The first-order valence-corrected chi connectivity index (χ1v) is 7.05. The van der Waals surface area contributed by atoms with Crippen LogP contribution in [0.3, 0.4) is 0 Å². The summed E-state index contributed by atoms with van der Waals surface area (Å²) in [6, 6.07) is 12.6. The lowest BCUT2D eigenvalue weighted by molar-refractivity contribution is 0.0695. The molecule has 3 nitrogen and oxygen atoms in total. The third-order valence-electron chi connectivity index (χ3n) is 2.52. The molecule has 2 aromatic rings. The molecule has 5 heteroatoms. The molecule has 0 unspecified atom stereocenters. The number of carboxylic acids is 1. The minimum atomic E-state index is -0.988. The zero-order valence-corrected chi connectivity index (χ0v) is 12.9. The van der Waals surface area contributed by atoms with Gasteiger partial charge in [0.15, 0.2) is 0 Å². The van der Waals surface area contributed by atoms with Gasteiger partial charge in [-0.15, -0.1) is 0 Å². The third-order valence-corrected chi connectivity index (χ3v) is 3.99. The highest BCUT2D eigenvalue weighted by Crippen LogP contribution is 2.24. The van der Waals surface area contributed by atoms with Crippen molar-refractivity contribution < 1.29 is 14.6 Å². The van der Waals surface area contributed by atoms with Gasteiger partial charge in [0, 0.05) is 14.5 Å². The number of rotatable bonds is 4. The van der Waals surface area contributed by atoms with Crippen LogP contribution in [0.4, 0.5) is 0 Å². The molecule has 0 fully saturated rings. The predicted octanol–water partition coefficient (Wildman–Crippen LogP) is 4.49. The fourth-order valence-electron chi connectivity index (χ4n) is 1.53. The van der Waals surface area contributed by atoms with Gasteiger partial charge >= 0.3 is 5.97 Å². The second kappa shape index (κ2) is 6.21. The maximum absolute atomic E-state index is 11.0. The maximum atomic E-state index is 11.0. The molecule has 2 aromatic carbocycles. The number of benzene rings is 2. The Hall–Kier alpha value is -1.33. The Balaban J connectivity index is 2.14. The first-order chi connectivity index (χ1) is 9.08. The maximum Gasteiger partial charge on any atom is 0.336 e. The lowest BCUT2D eigenvalue weighted by Crippen LogP contribution is -2.00. The van der Waals surface area contributed by atoms with Crippen LogP contribution in [0.25, 0.3) is 0 Å². The number of halogens is 2. The molecule has 0 saturated carbocycles. The van der Waals surface area contributed by atoms with E-state index < -0.39 is 5.97 Å². The Morgan fingerprint density at radius 2 is 1.84 bits per heavy atom. The molecular weight excluding hydrogens is 376 g/mol. The second-order valence-corrected chi connectivity index (χ2v) is 5.54. The van der Waals surface area contributed by atoms with Gasteiger partial charge in [-0.3, -0.25) is 0 Å². The molecular formula is C14H10Br2O3. The topological polar surface area (TPSA) is 46.5 Å². The summed E-state index contributed by atoms with van der Waals surface area (Å²) in [6.07, 6.45) is 0. The van der Waals surface area contributed by atoms with Gasteiger partial charge in [0.25, 0.3) is 0 Å².